The number of nitrogens with two attached hydrogens (primary N) is 1. The Hall–Kier alpha value is -1.91. The van der Waals surface area contributed by atoms with Crippen molar-refractivity contribution in [2.75, 3.05) is 23.7 Å². The van der Waals surface area contributed by atoms with Crippen molar-refractivity contribution in [2.45, 2.75) is 51.7 Å². The lowest BCUT2D eigenvalue weighted by molar-refractivity contribution is 0.0448. The van der Waals surface area contributed by atoms with Crippen LogP contribution in [0.1, 0.15) is 40.5 Å². The van der Waals surface area contributed by atoms with Gasteiger partial charge in [0, 0.05) is 30.0 Å². The molecule has 1 aliphatic rings. The van der Waals surface area contributed by atoms with Crippen LogP contribution in [0, 0.1) is 0 Å². The summed E-state index contributed by atoms with van der Waals surface area (Å²) in [6, 6.07) is 7.92. The van der Waals surface area contributed by atoms with Crippen LogP contribution < -0.4 is 16.0 Å². The predicted molar refractivity (Wildman–Crippen MR) is 90.1 cm³/mol. The molecule has 22 heavy (non-hydrogen) atoms. The summed E-state index contributed by atoms with van der Waals surface area (Å²) in [6.45, 7) is 9.50. The smallest absolute Gasteiger partial charge is 0.408 e. The molecular formula is C17H27N3O2. The number of alkyl carbamates (subject to hydrolysis) is 1. The second-order valence-corrected chi connectivity index (χ2v) is 7.27. The number of hydrogen-bond acceptors (Lipinski definition) is 4. The minimum Gasteiger partial charge on any atom is -0.444 e. The van der Waals surface area contributed by atoms with E-state index < -0.39 is 5.60 Å². The second kappa shape index (κ2) is 6.07. The van der Waals surface area contributed by atoms with Crippen LogP contribution in [0.4, 0.5) is 16.2 Å². The van der Waals surface area contributed by atoms with Gasteiger partial charge in [0.1, 0.15) is 5.60 Å². The molecule has 1 amide bonds. The van der Waals surface area contributed by atoms with Crippen LogP contribution in [0.3, 0.4) is 0 Å². The van der Waals surface area contributed by atoms with Gasteiger partial charge in [-0.2, -0.15) is 0 Å². The van der Waals surface area contributed by atoms with E-state index in [1.54, 1.807) is 0 Å². The van der Waals surface area contributed by atoms with Crippen LogP contribution in [0.2, 0.25) is 0 Å². The van der Waals surface area contributed by atoms with Crippen molar-refractivity contribution >= 4 is 17.5 Å². The van der Waals surface area contributed by atoms with Crippen molar-refractivity contribution in [3.05, 3.63) is 24.3 Å². The number of nitrogen functional groups attached to an aromatic ring is 1. The molecule has 1 heterocycles. The van der Waals surface area contributed by atoms with Crippen molar-refractivity contribution in [3.63, 3.8) is 0 Å². The highest BCUT2D eigenvalue weighted by molar-refractivity contribution is 5.68. The molecule has 1 saturated heterocycles. The summed E-state index contributed by atoms with van der Waals surface area (Å²) in [6.07, 6.45) is 1.43. The first kappa shape index (κ1) is 16.5. The molecule has 0 unspecified atom stereocenters. The first-order valence-corrected chi connectivity index (χ1v) is 7.79. The Kier molecular flexibility index (Phi) is 4.54. The van der Waals surface area contributed by atoms with Gasteiger partial charge in [-0.15, -0.1) is 0 Å². The fourth-order valence-corrected chi connectivity index (χ4v) is 2.62. The first-order valence-electron chi connectivity index (χ1n) is 7.79. The van der Waals surface area contributed by atoms with E-state index in [0.29, 0.717) is 0 Å². The first-order chi connectivity index (χ1) is 10.2. The third-order valence-corrected chi connectivity index (χ3v) is 3.93. The van der Waals surface area contributed by atoms with Gasteiger partial charge < -0.3 is 20.7 Å². The van der Waals surface area contributed by atoms with E-state index in [0.717, 1.165) is 31.6 Å². The van der Waals surface area contributed by atoms with Gasteiger partial charge in [-0.25, -0.2) is 4.79 Å². The molecule has 0 aliphatic carbocycles. The van der Waals surface area contributed by atoms with Gasteiger partial charge >= 0.3 is 6.09 Å². The summed E-state index contributed by atoms with van der Waals surface area (Å²) in [7, 11) is 0. The molecule has 1 aliphatic heterocycles. The van der Waals surface area contributed by atoms with Crippen LogP contribution in [-0.4, -0.2) is 30.3 Å². The average molecular weight is 305 g/mol. The summed E-state index contributed by atoms with van der Waals surface area (Å²) in [5.74, 6) is 0. The predicted octanol–water partition coefficient (Wildman–Crippen LogP) is 3.15. The highest BCUT2D eigenvalue weighted by Gasteiger charge is 2.33. The molecule has 1 fully saturated rings. The molecule has 2 rings (SSSR count). The lowest BCUT2D eigenvalue weighted by Crippen LogP contribution is -2.54. The number of carbonyl (C=O) groups is 1. The van der Waals surface area contributed by atoms with Gasteiger partial charge in [-0.1, -0.05) is 0 Å². The topological polar surface area (TPSA) is 67.6 Å². The van der Waals surface area contributed by atoms with Crippen LogP contribution in [0.25, 0.3) is 0 Å². The van der Waals surface area contributed by atoms with Gasteiger partial charge in [0.15, 0.2) is 0 Å². The highest BCUT2D eigenvalue weighted by atomic mass is 16.6. The van der Waals surface area contributed by atoms with Crippen LogP contribution in [0.15, 0.2) is 24.3 Å². The third-order valence-electron chi connectivity index (χ3n) is 3.93. The maximum atomic E-state index is 12.0. The van der Waals surface area contributed by atoms with E-state index in [-0.39, 0.29) is 11.6 Å². The minimum atomic E-state index is -0.467. The lowest BCUT2D eigenvalue weighted by Gasteiger charge is -2.41. The number of amides is 1. The van der Waals surface area contributed by atoms with E-state index in [2.05, 4.69) is 17.1 Å². The quantitative estimate of drug-likeness (QED) is 0.824. The molecular weight excluding hydrogens is 278 g/mol. The lowest BCUT2D eigenvalue weighted by atomic mass is 9.89. The molecule has 0 aromatic heterocycles. The van der Waals surface area contributed by atoms with Crippen molar-refractivity contribution < 1.29 is 9.53 Å². The van der Waals surface area contributed by atoms with Gasteiger partial charge in [0.2, 0.25) is 0 Å². The van der Waals surface area contributed by atoms with Crippen molar-refractivity contribution in [1.82, 2.24) is 5.32 Å². The summed E-state index contributed by atoms with van der Waals surface area (Å²) in [4.78, 5) is 14.3. The SMILES string of the molecule is CC1(NC(=O)OC(C)(C)C)CCN(c2ccc(N)cc2)CC1. The summed E-state index contributed by atoms with van der Waals surface area (Å²) >= 11 is 0. The van der Waals surface area contributed by atoms with E-state index in [9.17, 15) is 4.79 Å². The second-order valence-electron chi connectivity index (χ2n) is 7.27. The Labute approximate surface area is 132 Å². The van der Waals surface area contributed by atoms with E-state index in [1.807, 2.05) is 45.0 Å². The molecule has 1 aromatic rings. The number of benzene rings is 1. The van der Waals surface area contributed by atoms with Crippen LogP contribution in [0.5, 0.6) is 0 Å². The largest absolute Gasteiger partial charge is 0.444 e. The van der Waals surface area contributed by atoms with Gasteiger partial charge in [-0.3, -0.25) is 0 Å². The molecule has 0 bridgehead atoms. The highest BCUT2D eigenvalue weighted by Crippen LogP contribution is 2.27. The van der Waals surface area contributed by atoms with Crippen LogP contribution >= 0.6 is 0 Å². The summed E-state index contributed by atoms with van der Waals surface area (Å²) in [5.41, 5.74) is 6.99. The molecule has 0 saturated carbocycles. The fourth-order valence-electron chi connectivity index (χ4n) is 2.62. The summed E-state index contributed by atoms with van der Waals surface area (Å²) < 4.78 is 5.35. The Morgan fingerprint density at radius 2 is 1.77 bits per heavy atom. The number of anilines is 2. The molecule has 0 radical (unpaired) electrons. The maximum Gasteiger partial charge on any atom is 0.408 e. The Bertz CT molecular complexity index is 512. The molecule has 0 spiro atoms. The monoisotopic (exact) mass is 305 g/mol. The maximum absolute atomic E-state index is 12.0. The number of carbonyl (C=O) groups excluding carboxylic acids is 1. The molecule has 5 heteroatoms. The van der Waals surface area contributed by atoms with Gasteiger partial charge in [0.25, 0.3) is 0 Å². The fraction of sp³-hybridized carbons (Fsp3) is 0.588. The number of nitrogens with zero attached hydrogens (tertiary/aromatic N) is 1. The molecule has 3 N–H and O–H groups in total. The average Bonchev–Trinajstić information content (AvgIpc) is 2.38. The number of piperidine rings is 1. The van der Waals surface area contributed by atoms with Crippen molar-refractivity contribution in [2.24, 2.45) is 0 Å². The Morgan fingerprint density at radius 1 is 1.23 bits per heavy atom. The van der Waals surface area contributed by atoms with E-state index >= 15 is 0 Å². The molecule has 5 nitrogen and oxygen atoms in total. The van der Waals surface area contributed by atoms with Crippen molar-refractivity contribution in [3.8, 4) is 0 Å². The van der Waals surface area contributed by atoms with Crippen LogP contribution in [-0.2, 0) is 4.74 Å². The zero-order valence-corrected chi connectivity index (χ0v) is 14.0. The standard InChI is InChI=1S/C17H27N3O2/c1-16(2,3)22-15(21)19-17(4)9-11-20(12-10-17)14-7-5-13(18)6-8-14/h5-8H,9-12,18H2,1-4H3,(H,19,21). The zero-order valence-electron chi connectivity index (χ0n) is 14.0. The van der Waals surface area contributed by atoms with E-state index in [4.69, 9.17) is 10.5 Å². The summed E-state index contributed by atoms with van der Waals surface area (Å²) in [5, 5.41) is 3.03. The normalized spacial score (nSPS) is 17.9. The Balaban J connectivity index is 1.90. The third kappa shape index (κ3) is 4.55. The number of hydrogen-bond donors (Lipinski definition) is 2. The number of nitrogens with one attached hydrogen (secondary N) is 1. The molecule has 122 valence electrons. The number of ether oxygens (including phenoxy) is 1. The molecule has 0 atom stereocenters. The van der Waals surface area contributed by atoms with E-state index in [1.165, 1.54) is 5.69 Å². The zero-order chi connectivity index (χ0) is 16.4. The van der Waals surface area contributed by atoms with Gasteiger partial charge in [0.05, 0.1) is 0 Å². The number of rotatable bonds is 2. The minimum absolute atomic E-state index is 0.216. The molecule has 1 aromatic carbocycles. The van der Waals surface area contributed by atoms with Gasteiger partial charge in [-0.05, 0) is 64.8 Å². The van der Waals surface area contributed by atoms with Crippen molar-refractivity contribution in [1.29, 1.82) is 0 Å². The Morgan fingerprint density at radius 3 is 2.27 bits per heavy atom.